The number of carbonyl (C=O) groups excluding carboxylic acids is 2. The Hall–Kier alpha value is -1.10. The molecule has 1 saturated heterocycles. The molecule has 2 amide bonds. The summed E-state index contributed by atoms with van der Waals surface area (Å²) in [6.07, 6.45) is 8.66. The van der Waals surface area contributed by atoms with Gasteiger partial charge in [0.25, 0.3) is 0 Å². The molecule has 1 saturated carbocycles. The lowest BCUT2D eigenvalue weighted by molar-refractivity contribution is -0.132. The van der Waals surface area contributed by atoms with Crippen molar-refractivity contribution in [2.75, 3.05) is 26.2 Å². The van der Waals surface area contributed by atoms with Crippen LogP contribution in [0.1, 0.15) is 51.4 Å². The van der Waals surface area contributed by atoms with Crippen LogP contribution in [-0.4, -0.2) is 48.9 Å². The van der Waals surface area contributed by atoms with Crippen molar-refractivity contribution in [1.82, 2.24) is 15.5 Å². The minimum Gasteiger partial charge on any atom is -0.352 e. The normalized spacial score (nSPS) is 20.1. The van der Waals surface area contributed by atoms with Gasteiger partial charge in [0.1, 0.15) is 0 Å². The lowest BCUT2D eigenvalue weighted by atomic mass is 10.1. The van der Waals surface area contributed by atoms with Crippen molar-refractivity contribution < 1.29 is 9.59 Å². The van der Waals surface area contributed by atoms with E-state index in [0.717, 1.165) is 38.8 Å². The van der Waals surface area contributed by atoms with Gasteiger partial charge < -0.3 is 15.5 Å². The van der Waals surface area contributed by atoms with E-state index in [9.17, 15) is 9.59 Å². The average Bonchev–Trinajstić information content (AvgIpc) is 2.97. The number of piperidine rings is 1. The highest BCUT2D eigenvalue weighted by Crippen LogP contribution is 2.17. The molecular weight excluding hydrogens is 254 g/mol. The molecule has 0 aromatic carbocycles. The Morgan fingerprint density at radius 3 is 2.40 bits per heavy atom. The van der Waals surface area contributed by atoms with Gasteiger partial charge in [-0.3, -0.25) is 9.59 Å². The standard InChI is InChI=1S/C15H27N3O2/c19-14(17-13-6-2-3-7-13)12-16-9-8-15(20)18-10-4-1-5-11-18/h13,16H,1-12H2,(H,17,19). The van der Waals surface area contributed by atoms with E-state index < -0.39 is 0 Å². The first-order chi connectivity index (χ1) is 9.75. The fourth-order valence-corrected chi connectivity index (χ4v) is 3.05. The van der Waals surface area contributed by atoms with Gasteiger partial charge in [-0.2, -0.15) is 0 Å². The fraction of sp³-hybridized carbons (Fsp3) is 0.867. The zero-order chi connectivity index (χ0) is 14.2. The van der Waals surface area contributed by atoms with E-state index in [1.54, 1.807) is 0 Å². The van der Waals surface area contributed by atoms with Crippen LogP contribution in [-0.2, 0) is 9.59 Å². The summed E-state index contributed by atoms with van der Waals surface area (Å²) < 4.78 is 0. The lowest BCUT2D eigenvalue weighted by Gasteiger charge is -2.26. The summed E-state index contributed by atoms with van der Waals surface area (Å²) in [5.74, 6) is 0.274. The molecule has 5 heteroatoms. The maximum Gasteiger partial charge on any atom is 0.234 e. The van der Waals surface area contributed by atoms with Crippen molar-refractivity contribution in [3.8, 4) is 0 Å². The topological polar surface area (TPSA) is 61.4 Å². The van der Waals surface area contributed by atoms with Crippen LogP contribution in [0.4, 0.5) is 0 Å². The second-order valence-corrected chi connectivity index (χ2v) is 5.92. The molecule has 0 aromatic rings. The summed E-state index contributed by atoms with van der Waals surface area (Å²) in [7, 11) is 0. The van der Waals surface area contributed by atoms with E-state index in [-0.39, 0.29) is 11.8 Å². The predicted octanol–water partition coefficient (Wildman–Crippen LogP) is 1.04. The summed E-state index contributed by atoms with van der Waals surface area (Å²) in [6.45, 7) is 2.72. The smallest absolute Gasteiger partial charge is 0.234 e. The molecule has 0 spiro atoms. The molecule has 2 N–H and O–H groups in total. The number of rotatable bonds is 6. The second kappa shape index (κ2) is 8.25. The van der Waals surface area contributed by atoms with Crippen molar-refractivity contribution >= 4 is 11.8 Å². The van der Waals surface area contributed by atoms with Crippen LogP contribution < -0.4 is 10.6 Å². The van der Waals surface area contributed by atoms with Crippen LogP contribution >= 0.6 is 0 Å². The van der Waals surface area contributed by atoms with Crippen LogP contribution in [0.15, 0.2) is 0 Å². The van der Waals surface area contributed by atoms with Crippen LogP contribution in [0, 0.1) is 0 Å². The van der Waals surface area contributed by atoms with Crippen LogP contribution in [0.2, 0.25) is 0 Å². The Labute approximate surface area is 121 Å². The van der Waals surface area contributed by atoms with Crippen molar-refractivity contribution in [2.45, 2.75) is 57.4 Å². The van der Waals surface area contributed by atoms with Crippen molar-refractivity contribution in [3.63, 3.8) is 0 Å². The number of carbonyl (C=O) groups is 2. The number of amides is 2. The highest BCUT2D eigenvalue weighted by molar-refractivity contribution is 5.79. The molecule has 0 aromatic heterocycles. The lowest BCUT2D eigenvalue weighted by Crippen LogP contribution is -2.41. The molecule has 0 radical (unpaired) electrons. The number of hydrogen-bond donors (Lipinski definition) is 2. The molecule has 0 bridgehead atoms. The quantitative estimate of drug-likeness (QED) is 0.715. The number of hydrogen-bond acceptors (Lipinski definition) is 3. The monoisotopic (exact) mass is 281 g/mol. The summed E-state index contributed by atoms with van der Waals surface area (Å²) in [5.41, 5.74) is 0. The molecule has 1 aliphatic carbocycles. The third kappa shape index (κ3) is 5.12. The zero-order valence-electron chi connectivity index (χ0n) is 12.3. The van der Waals surface area contributed by atoms with Crippen LogP contribution in [0.5, 0.6) is 0 Å². The molecule has 1 aliphatic heterocycles. The summed E-state index contributed by atoms with van der Waals surface area (Å²) in [5, 5.41) is 6.10. The van der Waals surface area contributed by atoms with Crippen molar-refractivity contribution in [3.05, 3.63) is 0 Å². The first-order valence-electron chi connectivity index (χ1n) is 8.03. The van der Waals surface area contributed by atoms with E-state index in [0.29, 0.717) is 25.6 Å². The molecule has 5 nitrogen and oxygen atoms in total. The minimum absolute atomic E-state index is 0.0577. The number of nitrogens with zero attached hydrogens (tertiary/aromatic N) is 1. The molecule has 2 aliphatic rings. The molecule has 20 heavy (non-hydrogen) atoms. The first-order valence-corrected chi connectivity index (χ1v) is 8.03. The van der Waals surface area contributed by atoms with Crippen molar-refractivity contribution in [1.29, 1.82) is 0 Å². The Morgan fingerprint density at radius 2 is 1.70 bits per heavy atom. The summed E-state index contributed by atoms with van der Waals surface area (Å²) in [4.78, 5) is 25.5. The molecule has 2 fully saturated rings. The van der Waals surface area contributed by atoms with Gasteiger partial charge in [0, 0.05) is 32.1 Å². The van der Waals surface area contributed by atoms with Crippen LogP contribution in [0.3, 0.4) is 0 Å². The first kappa shape index (κ1) is 15.3. The van der Waals surface area contributed by atoms with Gasteiger partial charge in [-0.05, 0) is 32.1 Å². The van der Waals surface area contributed by atoms with Gasteiger partial charge >= 0.3 is 0 Å². The van der Waals surface area contributed by atoms with Gasteiger partial charge in [-0.25, -0.2) is 0 Å². The third-order valence-corrected chi connectivity index (χ3v) is 4.23. The average molecular weight is 281 g/mol. The Bertz CT molecular complexity index is 321. The highest BCUT2D eigenvalue weighted by Gasteiger charge is 2.17. The Morgan fingerprint density at radius 1 is 1.00 bits per heavy atom. The third-order valence-electron chi connectivity index (χ3n) is 4.23. The maximum atomic E-state index is 11.9. The molecule has 2 rings (SSSR count). The highest BCUT2D eigenvalue weighted by atomic mass is 16.2. The van der Waals surface area contributed by atoms with Gasteiger partial charge in [0.05, 0.1) is 6.54 Å². The van der Waals surface area contributed by atoms with E-state index in [2.05, 4.69) is 10.6 Å². The van der Waals surface area contributed by atoms with Crippen LogP contribution in [0.25, 0.3) is 0 Å². The molecule has 0 unspecified atom stereocenters. The van der Waals surface area contributed by atoms with Gasteiger partial charge in [0.15, 0.2) is 0 Å². The van der Waals surface area contributed by atoms with E-state index >= 15 is 0 Å². The SMILES string of the molecule is O=C(CNCCC(=O)N1CCCCC1)NC1CCCC1. The maximum absolute atomic E-state index is 11.9. The van der Waals surface area contributed by atoms with E-state index in [1.807, 2.05) is 4.90 Å². The van der Waals surface area contributed by atoms with E-state index in [4.69, 9.17) is 0 Å². The zero-order valence-corrected chi connectivity index (χ0v) is 12.3. The van der Waals surface area contributed by atoms with Gasteiger partial charge in [-0.1, -0.05) is 12.8 Å². The molecular formula is C15H27N3O2. The molecule has 1 heterocycles. The molecule has 114 valence electrons. The van der Waals surface area contributed by atoms with E-state index in [1.165, 1.54) is 19.3 Å². The summed E-state index contributed by atoms with van der Waals surface area (Å²) >= 11 is 0. The largest absolute Gasteiger partial charge is 0.352 e. The van der Waals surface area contributed by atoms with Crippen molar-refractivity contribution in [2.24, 2.45) is 0 Å². The second-order valence-electron chi connectivity index (χ2n) is 5.92. The molecule has 0 atom stereocenters. The number of nitrogens with one attached hydrogen (secondary N) is 2. The predicted molar refractivity (Wildman–Crippen MR) is 78.3 cm³/mol. The Kier molecular flexibility index (Phi) is 6.30. The Balaban J connectivity index is 1.51. The fourth-order valence-electron chi connectivity index (χ4n) is 3.05. The minimum atomic E-state index is 0.0577. The summed E-state index contributed by atoms with van der Waals surface area (Å²) in [6, 6.07) is 0.374. The van der Waals surface area contributed by atoms with Gasteiger partial charge in [0.2, 0.25) is 11.8 Å². The number of likely N-dealkylation sites (tertiary alicyclic amines) is 1. The van der Waals surface area contributed by atoms with Gasteiger partial charge in [-0.15, -0.1) is 0 Å².